The summed E-state index contributed by atoms with van der Waals surface area (Å²) >= 11 is 1.73. The van der Waals surface area contributed by atoms with Gasteiger partial charge in [-0.2, -0.15) is 5.10 Å². The fourth-order valence-electron chi connectivity index (χ4n) is 3.84. The van der Waals surface area contributed by atoms with Gasteiger partial charge in [0.05, 0.1) is 5.41 Å². The average Bonchev–Trinajstić information content (AvgIpc) is 3.23. The molecule has 1 saturated heterocycles. The SMILES string of the molecule is O=C(N1CC(Cn2cncn2)C1)C1(c2cccs2)CCCC1. The first kappa shape index (κ1) is 13.9. The van der Waals surface area contributed by atoms with E-state index < -0.39 is 0 Å². The molecule has 1 amide bonds. The van der Waals surface area contributed by atoms with Crippen LogP contribution in [0.2, 0.25) is 0 Å². The molecule has 4 rings (SSSR count). The summed E-state index contributed by atoms with van der Waals surface area (Å²) in [4.78, 5) is 20.4. The highest BCUT2D eigenvalue weighted by Gasteiger charge is 2.48. The predicted octanol–water partition coefficient (Wildman–Crippen LogP) is 2.31. The van der Waals surface area contributed by atoms with Gasteiger partial charge >= 0.3 is 0 Å². The zero-order valence-corrected chi connectivity index (χ0v) is 13.3. The van der Waals surface area contributed by atoms with Crippen LogP contribution in [0, 0.1) is 5.92 Å². The molecule has 0 radical (unpaired) electrons. The van der Waals surface area contributed by atoms with Crippen LogP contribution in [0.25, 0.3) is 0 Å². The van der Waals surface area contributed by atoms with Gasteiger partial charge in [0.15, 0.2) is 0 Å². The number of carbonyl (C=O) groups is 1. The molecule has 0 unspecified atom stereocenters. The van der Waals surface area contributed by atoms with Crippen LogP contribution < -0.4 is 0 Å². The Labute approximate surface area is 134 Å². The molecule has 3 heterocycles. The largest absolute Gasteiger partial charge is 0.341 e. The number of rotatable bonds is 4. The Balaban J connectivity index is 1.44. The van der Waals surface area contributed by atoms with Gasteiger partial charge in [0.2, 0.25) is 5.91 Å². The van der Waals surface area contributed by atoms with Crippen molar-refractivity contribution in [2.45, 2.75) is 37.6 Å². The van der Waals surface area contributed by atoms with E-state index in [1.54, 1.807) is 24.0 Å². The topological polar surface area (TPSA) is 51.0 Å². The summed E-state index contributed by atoms with van der Waals surface area (Å²) in [5.41, 5.74) is -0.230. The summed E-state index contributed by atoms with van der Waals surface area (Å²) in [6.07, 6.45) is 7.66. The van der Waals surface area contributed by atoms with Crippen molar-refractivity contribution in [2.24, 2.45) is 5.92 Å². The van der Waals surface area contributed by atoms with Crippen molar-refractivity contribution in [3.05, 3.63) is 35.0 Å². The van der Waals surface area contributed by atoms with Crippen LogP contribution in [-0.4, -0.2) is 38.7 Å². The second-order valence-electron chi connectivity index (χ2n) is 6.46. The van der Waals surface area contributed by atoms with Crippen LogP contribution in [0.5, 0.6) is 0 Å². The Hall–Kier alpha value is -1.69. The summed E-state index contributed by atoms with van der Waals surface area (Å²) < 4.78 is 1.86. The van der Waals surface area contributed by atoms with Gasteiger partial charge in [0.25, 0.3) is 0 Å². The molecule has 0 bridgehead atoms. The third-order valence-electron chi connectivity index (χ3n) is 5.02. The number of hydrogen-bond acceptors (Lipinski definition) is 4. The summed E-state index contributed by atoms with van der Waals surface area (Å²) in [6.45, 7) is 2.56. The molecule has 116 valence electrons. The first-order valence-electron chi connectivity index (χ1n) is 7.94. The molecule has 22 heavy (non-hydrogen) atoms. The molecule has 0 N–H and O–H groups in total. The van der Waals surface area contributed by atoms with Gasteiger partial charge in [-0.3, -0.25) is 9.48 Å². The van der Waals surface area contributed by atoms with Gasteiger partial charge in [-0.1, -0.05) is 18.9 Å². The maximum absolute atomic E-state index is 13.1. The lowest BCUT2D eigenvalue weighted by molar-refractivity contribution is -0.144. The fourth-order valence-corrected chi connectivity index (χ4v) is 4.82. The number of hydrogen-bond donors (Lipinski definition) is 0. The highest BCUT2D eigenvalue weighted by molar-refractivity contribution is 7.10. The minimum absolute atomic E-state index is 0.230. The zero-order valence-electron chi connectivity index (χ0n) is 12.5. The van der Waals surface area contributed by atoms with E-state index in [2.05, 4.69) is 27.6 Å². The summed E-state index contributed by atoms with van der Waals surface area (Å²) in [6, 6.07) is 4.21. The molecule has 1 saturated carbocycles. The van der Waals surface area contributed by atoms with Crippen molar-refractivity contribution in [2.75, 3.05) is 13.1 Å². The van der Waals surface area contributed by atoms with Crippen molar-refractivity contribution in [3.63, 3.8) is 0 Å². The number of thiophene rings is 1. The Morgan fingerprint density at radius 2 is 2.18 bits per heavy atom. The molecule has 6 heteroatoms. The number of amides is 1. The van der Waals surface area contributed by atoms with E-state index in [-0.39, 0.29) is 5.41 Å². The van der Waals surface area contributed by atoms with Crippen molar-refractivity contribution >= 4 is 17.2 Å². The third kappa shape index (κ3) is 2.26. The number of aromatic nitrogens is 3. The van der Waals surface area contributed by atoms with Crippen molar-refractivity contribution in [1.82, 2.24) is 19.7 Å². The van der Waals surface area contributed by atoms with Crippen LogP contribution in [-0.2, 0) is 16.8 Å². The van der Waals surface area contributed by atoms with Gasteiger partial charge < -0.3 is 4.90 Å². The van der Waals surface area contributed by atoms with Crippen LogP contribution in [0.1, 0.15) is 30.6 Å². The van der Waals surface area contributed by atoms with E-state index in [0.717, 1.165) is 32.5 Å². The third-order valence-corrected chi connectivity index (χ3v) is 6.09. The number of carbonyl (C=O) groups excluding carboxylic acids is 1. The van der Waals surface area contributed by atoms with Gasteiger partial charge in [-0.15, -0.1) is 11.3 Å². The monoisotopic (exact) mass is 316 g/mol. The Bertz CT molecular complexity index is 625. The van der Waals surface area contributed by atoms with Crippen molar-refractivity contribution < 1.29 is 4.79 Å². The Kier molecular flexibility index (Phi) is 3.48. The normalized spacial score (nSPS) is 21.0. The molecule has 1 aliphatic carbocycles. The highest BCUT2D eigenvalue weighted by Crippen LogP contribution is 2.45. The van der Waals surface area contributed by atoms with Crippen LogP contribution in [0.4, 0.5) is 0 Å². The fraction of sp³-hybridized carbons (Fsp3) is 0.562. The zero-order chi connectivity index (χ0) is 15.0. The average molecular weight is 316 g/mol. The molecule has 2 fully saturated rings. The molecule has 5 nitrogen and oxygen atoms in total. The molecule has 0 atom stereocenters. The molecule has 2 aromatic rings. The van der Waals surface area contributed by atoms with E-state index >= 15 is 0 Å². The smallest absolute Gasteiger partial charge is 0.234 e. The Morgan fingerprint density at radius 1 is 1.36 bits per heavy atom. The quantitative estimate of drug-likeness (QED) is 0.870. The highest BCUT2D eigenvalue weighted by atomic mass is 32.1. The Morgan fingerprint density at radius 3 is 2.82 bits per heavy atom. The van der Waals surface area contributed by atoms with Crippen LogP contribution >= 0.6 is 11.3 Å². The number of nitrogens with zero attached hydrogens (tertiary/aromatic N) is 4. The lowest BCUT2D eigenvalue weighted by atomic mass is 9.81. The van der Waals surface area contributed by atoms with Gasteiger partial charge in [-0.05, 0) is 24.3 Å². The van der Waals surface area contributed by atoms with Gasteiger partial charge in [-0.25, -0.2) is 4.98 Å². The minimum Gasteiger partial charge on any atom is -0.341 e. The van der Waals surface area contributed by atoms with E-state index in [4.69, 9.17) is 0 Å². The lowest BCUT2D eigenvalue weighted by Gasteiger charge is -2.44. The standard InChI is InChI=1S/C16H20N4OS/c21-15(16(5-1-2-6-16)14-4-3-7-22-14)19-8-13(9-19)10-20-12-17-11-18-20/h3-4,7,11-13H,1-2,5-6,8-10H2. The minimum atomic E-state index is -0.230. The maximum atomic E-state index is 13.1. The van der Waals surface area contributed by atoms with E-state index in [0.29, 0.717) is 11.8 Å². The summed E-state index contributed by atoms with van der Waals surface area (Å²) in [7, 11) is 0. The maximum Gasteiger partial charge on any atom is 0.234 e. The molecule has 2 aromatic heterocycles. The van der Waals surface area contributed by atoms with Crippen molar-refractivity contribution in [3.8, 4) is 0 Å². The van der Waals surface area contributed by atoms with E-state index in [1.807, 2.05) is 9.58 Å². The molecule has 0 spiro atoms. The first-order chi connectivity index (χ1) is 10.8. The summed E-state index contributed by atoms with van der Waals surface area (Å²) in [5, 5.41) is 6.23. The lowest BCUT2D eigenvalue weighted by Crippen LogP contribution is -2.56. The van der Waals surface area contributed by atoms with E-state index in [9.17, 15) is 4.79 Å². The first-order valence-corrected chi connectivity index (χ1v) is 8.82. The molecule has 1 aliphatic heterocycles. The van der Waals surface area contributed by atoms with Gasteiger partial charge in [0.1, 0.15) is 12.7 Å². The van der Waals surface area contributed by atoms with Crippen LogP contribution in [0.15, 0.2) is 30.2 Å². The van der Waals surface area contributed by atoms with Crippen LogP contribution in [0.3, 0.4) is 0 Å². The van der Waals surface area contributed by atoms with Gasteiger partial charge in [0, 0.05) is 30.4 Å². The second-order valence-corrected chi connectivity index (χ2v) is 7.41. The number of likely N-dealkylation sites (tertiary alicyclic amines) is 1. The summed E-state index contributed by atoms with van der Waals surface area (Å²) in [5.74, 6) is 0.856. The molecular formula is C16H20N4OS. The molecular weight excluding hydrogens is 296 g/mol. The van der Waals surface area contributed by atoms with Crippen molar-refractivity contribution in [1.29, 1.82) is 0 Å². The second kappa shape index (κ2) is 5.50. The molecule has 0 aromatic carbocycles. The molecule has 2 aliphatic rings. The van der Waals surface area contributed by atoms with E-state index in [1.165, 1.54) is 17.7 Å². The predicted molar refractivity (Wildman–Crippen MR) is 84.6 cm³/mol.